The van der Waals surface area contributed by atoms with Gasteiger partial charge in [-0.25, -0.2) is 9.00 Å². The molecule has 11 nitrogen and oxygen atoms in total. The van der Waals surface area contributed by atoms with Crippen molar-refractivity contribution in [1.82, 2.24) is 9.62 Å². The number of ether oxygens (including phenoxy) is 3. The molecule has 6 rings (SSSR count). The largest absolute Gasteiger partial charge is 0.491 e. The Hall–Kier alpha value is -3.16. The number of fused-ring (bicyclic) bond motifs is 3. The number of allylic oxidation sites excluding steroid dienone is 1. The Kier molecular flexibility index (Phi) is 11.4. The van der Waals surface area contributed by atoms with Crippen LogP contribution in [0.3, 0.4) is 0 Å². The quantitative estimate of drug-likeness (QED) is 0.388. The predicted molar refractivity (Wildman–Crippen MR) is 194 cm³/mol. The van der Waals surface area contributed by atoms with Crippen molar-refractivity contribution in [3.8, 4) is 5.75 Å². The fourth-order valence-electron chi connectivity index (χ4n) is 7.54. The lowest BCUT2D eigenvalue weighted by Gasteiger charge is -2.45. The lowest BCUT2D eigenvalue weighted by molar-refractivity contribution is -0.114. The fourth-order valence-corrected chi connectivity index (χ4v) is 9.62. The van der Waals surface area contributed by atoms with E-state index in [-0.39, 0.29) is 43.0 Å². The number of amides is 3. The maximum absolute atomic E-state index is 14.5. The second kappa shape index (κ2) is 15.6. The molecule has 5 atom stereocenters. The van der Waals surface area contributed by atoms with Gasteiger partial charge in [0.1, 0.15) is 21.3 Å². The average Bonchev–Trinajstić information content (AvgIpc) is 3.07. The molecule has 2 aromatic rings. The number of hydrogen-bond acceptors (Lipinski definition) is 8. The number of carbonyl (C=O) groups excluding carboxylic acids is 2. The number of aryl methyl sites for hydroxylation is 1. The molecule has 1 saturated carbocycles. The Labute approximate surface area is 300 Å². The van der Waals surface area contributed by atoms with Crippen LogP contribution in [0.25, 0.3) is 0 Å². The van der Waals surface area contributed by atoms with Crippen LogP contribution < -0.4 is 14.4 Å². The van der Waals surface area contributed by atoms with Gasteiger partial charge < -0.3 is 29.1 Å². The van der Waals surface area contributed by atoms with E-state index >= 15 is 0 Å². The Balaban J connectivity index is 1.40. The molecule has 0 aromatic heterocycles. The van der Waals surface area contributed by atoms with Crippen LogP contribution in [0.4, 0.5) is 10.5 Å². The van der Waals surface area contributed by atoms with Gasteiger partial charge in [0.25, 0.3) is 5.91 Å². The van der Waals surface area contributed by atoms with Gasteiger partial charge in [-0.2, -0.15) is 0 Å². The van der Waals surface area contributed by atoms with Crippen LogP contribution in [0.2, 0.25) is 5.02 Å². The second-order valence-corrected chi connectivity index (χ2v) is 16.8. The van der Waals surface area contributed by atoms with E-state index in [9.17, 15) is 18.9 Å². The molecule has 3 heterocycles. The van der Waals surface area contributed by atoms with Gasteiger partial charge in [0, 0.05) is 37.9 Å². The van der Waals surface area contributed by atoms with Crippen molar-refractivity contribution in [3.05, 3.63) is 70.3 Å². The minimum absolute atomic E-state index is 0.0188. The van der Waals surface area contributed by atoms with Gasteiger partial charge in [-0.3, -0.25) is 9.52 Å². The second-order valence-electron chi connectivity index (χ2n) is 14.4. The number of carbonyl (C=O) groups is 2. The molecule has 0 unspecified atom stereocenters. The van der Waals surface area contributed by atoms with Gasteiger partial charge in [-0.15, -0.1) is 4.36 Å². The van der Waals surface area contributed by atoms with E-state index in [1.165, 1.54) is 23.1 Å². The summed E-state index contributed by atoms with van der Waals surface area (Å²) >= 11 is 6.45. The number of likely N-dealkylation sites (tertiary alicyclic amines) is 1. The molecule has 50 heavy (non-hydrogen) atoms. The molecule has 3 aliphatic heterocycles. The van der Waals surface area contributed by atoms with Crippen LogP contribution in [0, 0.1) is 17.8 Å². The number of hydrogen-bond donors (Lipinski definition) is 2. The first-order valence-corrected chi connectivity index (χ1v) is 19.6. The Morgan fingerprint density at radius 1 is 1.16 bits per heavy atom. The van der Waals surface area contributed by atoms with Crippen molar-refractivity contribution in [1.29, 1.82) is 0 Å². The molecular weight excluding hydrogens is 680 g/mol. The van der Waals surface area contributed by atoms with Crippen molar-refractivity contribution in [2.45, 2.75) is 63.7 Å². The number of urea groups is 1. The third-order valence-corrected chi connectivity index (χ3v) is 12.5. The van der Waals surface area contributed by atoms with Crippen LogP contribution in [-0.4, -0.2) is 90.7 Å². The molecule has 4 aliphatic rings. The monoisotopic (exact) mass is 728 g/mol. The normalized spacial score (nSPS) is 29.0. The van der Waals surface area contributed by atoms with Crippen LogP contribution in [0.15, 0.2) is 52.9 Å². The van der Waals surface area contributed by atoms with Gasteiger partial charge in [0.05, 0.1) is 43.8 Å². The summed E-state index contributed by atoms with van der Waals surface area (Å²) in [4.78, 5) is 30.8. The standard InChI is InChI=1S/C37H49ClN4O7S/c1-25-7-6-9-33(48-3)31-14-11-29(31)20-41-19-28-10-13-30(38)17-26(28)8-4-5-16-49-34-15-12-27(18-32(34)41)35(43)39-50(46,21-25)40-36(44)42-22-37(45,23-42)24-47-2/h6,9-10,12-13,15,17-18,25,29,31,33,45H,4-5,7-8,11,14,16,19-24H2,1-3H3,(H,39,40,43,44,46)/b9-6+/t25-,29-,31+,33-,50-/m0/s1. The molecule has 272 valence electrons. The van der Waals surface area contributed by atoms with E-state index in [4.69, 9.17) is 25.8 Å². The van der Waals surface area contributed by atoms with Gasteiger partial charge in [0.15, 0.2) is 0 Å². The summed E-state index contributed by atoms with van der Waals surface area (Å²) in [6.45, 7) is 3.86. The summed E-state index contributed by atoms with van der Waals surface area (Å²) in [5.74, 6) is 0.435. The van der Waals surface area contributed by atoms with E-state index in [2.05, 4.69) is 26.1 Å². The summed E-state index contributed by atoms with van der Waals surface area (Å²) < 4.78 is 38.7. The SMILES string of the molecule is COCC1(O)CN(C(=O)N[S@@]2(=O)=NC(=O)c3ccc4c(c3)N(Cc3ccc(Cl)cc3CCCCO4)C[C@@H]3CC[C@H]3[C@@H](OC)/C=C/C[C@H](C)C2)C1. The third-order valence-electron chi connectivity index (χ3n) is 10.3. The molecule has 2 N–H and O–H groups in total. The van der Waals surface area contributed by atoms with E-state index in [1.54, 1.807) is 25.3 Å². The van der Waals surface area contributed by atoms with E-state index in [1.807, 2.05) is 25.1 Å². The number of β-amino-alcohol motifs (C(OH)–C–C–N with tert-alkyl or cyclic N) is 1. The Bertz CT molecular complexity index is 1720. The first-order chi connectivity index (χ1) is 24.0. The molecule has 1 aliphatic carbocycles. The number of rotatable bonds is 4. The summed E-state index contributed by atoms with van der Waals surface area (Å²) in [6.07, 6.45) is 9.41. The minimum Gasteiger partial charge on any atom is -0.491 e. The van der Waals surface area contributed by atoms with Crippen LogP contribution in [0.5, 0.6) is 5.75 Å². The number of nitrogens with zero attached hydrogens (tertiary/aromatic N) is 3. The van der Waals surface area contributed by atoms with Crippen molar-refractivity contribution in [2.24, 2.45) is 22.1 Å². The average molecular weight is 729 g/mol. The maximum atomic E-state index is 14.5. The number of benzene rings is 2. The minimum atomic E-state index is -3.57. The molecule has 1 saturated heterocycles. The summed E-state index contributed by atoms with van der Waals surface area (Å²) in [5.41, 5.74) is 2.21. The van der Waals surface area contributed by atoms with Gasteiger partial charge in [0.2, 0.25) is 0 Å². The Morgan fingerprint density at radius 3 is 2.72 bits per heavy atom. The molecule has 2 fully saturated rings. The zero-order valence-corrected chi connectivity index (χ0v) is 30.7. The maximum Gasteiger partial charge on any atom is 0.330 e. The Morgan fingerprint density at radius 2 is 1.98 bits per heavy atom. The van der Waals surface area contributed by atoms with E-state index in [0.717, 1.165) is 44.3 Å². The van der Waals surface area contributed by atoms with Crippen LogP contribution in [0.1, 0.15) is 60.5 Å². The van der Waals surface area contributed by atoms with E-state index < -0.39 is 27.5 Å². The predicted octanol–water partition coefficient (Wildman–Crippen LogP) is 5.62. The topological polar surface area (TPSA) is 130 Å². The van der Waals surface area contributed by atoms with E-state index in [0.29, 0.717) is 42.2 Å². The number of halogens is 1. The van der Waals surface area contributed by atoms with Gasteiger partial charge in [-0.1, -0.05) is 36.7 Å². The number of anilines is 1. The number of methoxy groups -OCH3 is 2. The lowest BCUT2D eigenvalue weighted by Crippen LogP contribution is -2.67. The molecule has 0 spiro atoms. The molecular formula is C37H49ClN4O7S. The highest BCUT2D eigenvalue weighted by atomic mass is 35.5. The highest BCUT2D eigenvalue weighted by Crippen LogP contribution is 2.42. The van der Waals surface area contributed by atoms with Crippen molar-refractivity contribution < 1.29 is 33.1 Å². The number of nitrogens with one attached hydrogen (secondary N) is 1. The highest BCUT2D eigenvalue weighted by Gasteiger charge is 2.44. The van der Waals surface area contributed by atoms with Crippen molar-refractivity contribution in [3.63, 3.8) is 0 Å². The molecule has 13 heteroatoms. The summed E-state index contributed by atoms with van der Waals surface area (Å²) in [5, 5.41) is 11.2. The van der Waals surface area contributed by atoms with Crippen molar-refractivity contribution in [2.75, 3.05) is 57.7 Å². The summed E-state index contributed by atoms with van der Waals surface area (Å²) in [6, 6.07) is 10.6. The zero-order valence-electron chi connectivity index (χ0n) is 29.1. The highest BCUT2D eigenvalue weighted by molar-refractivity contribution is 7.92. The fraction of sp³-hybridized carbons (Fsp3) is 0.568. The molecule has 3 amide bonds. The zero-order chi connectivity index (χ0) is 35.5. The molecule has 2 aromatic carbocycles. The summed E-state index contributed by atoms with van der Waals surface area (Å²) in [7, 11) is -0.352. The van der Waals surface area contributed by atoms with Gasteiger partial charge in [-0.05, 0) is 97.7 Å². The smallest absolute Gasteiger partial charge is 0.330 e. The third kappa shape index (κ3) is 8.48. The lowest BCUT2D eigenvalue weighted by atomic mass is 9.70. The molecule has 0 radical (unpaired) electrons. The number of aliphatic hydroxyl groups is 1. The first-order valence-electron chi connectivity index (χ1n) is 17.5. The first kappa shape index (κ1) is 36.6. The van der Waals surface area contributed by atoms with Gasteiger partial charge >= 0.3 is 6.03 Å². The van der Waals surface area contributed by atoms with Crippen LogP contribution >= 0.6 is 11.6 Å². The molecule has 2 bridgehead atoms. The van der Waals surface area contributed by atoms with Crippen LogP contribution in [-0.2, 0) is 32.4 Å². The van der Waals surface area contributed by atoms with Crippen molar-refractivity contribution >= 4 is 39.1 Å².